The molecule has 0 aliphatic heterocycles. The first-order valence-corrected chi connectivity index (χ1v) is 8.31. The summed E-state index contributed by atoms with van der Waals surface area (Å²) in [5, 5.41) is 3.59. The van der Waals surface area contributed by atoms with Gasteiger partial charge in [0.15, 0.2) is 0 Å². The molecule has 1 aromatic heterocycles. The van der Waals surface area contributed by atoms with Crippen molar-refractivity contribution in [3.05, 3.63) is 51.9 Å². The van der Waals surface area contributed by atoms with Crippen molar-refractivity contribution in [3.8, 4) is 0 Å². The van der Waals surface area contributed by atoms with E-state index in [1.165, 1.54) is 24.0 Å². The van der Waals surface area contributed by atoms with E-state index in [1.54, 1.807) is 0 Å². The van der Waals surface area contributed by atoms with Gasteiger partial charge in [0, 0.05) is 12.0 Å². The maximum Gasteiger partial charge on any atom is 0.134 e. The van der Waals surface area contributed by atoms with Gasteiger partial charge in [0.25, 0.3) is 0 Å². The molecule has 21 heavy (non-hydrogen) atoms. The topological polar surface area (TPSA) is 37.8 Å². The number of hydrogen-bond donors (Lipinski definition) is 1. The Morgan fingerprint density at radius 1 is 1.24 bits per heavy atom. The lowest BCUT2D eigenvalue weighted by atomic mass is 9.88. The summed E-state index contributed by atoms with van der Waals surface area (Å²) in [6.45, 7) is 4.23. The van der Waals surface area contributed by atoms with Gasteiger partial charge >= 0.3 is 0 Å². The van der Waals surface area contributed by atoms with Gasteiger partial charge in [-0.2, -0.15) is 0 Å². The van der Waals surface area contributed by atoms with Gasteiger partial charge < -0.3 is 5.32 Å². The molecule has 0 saturated heterocycles. The van der Waals surface area contributed by atoms with E-state index in [0.717, 1.165) is 22.7 Å². The maximum absolute atomic E-state index is 4.65. The zero-order valence-corrected chi connectivity index (χ0v) is 14.0. The van der Waals surface area contributed by atoms with Gasteiger partial charge in [-0.05, 0) is 46.3 Å². The minimum absolute atomic E-state index is 0.321. The summed E-state index contributed by atoms with van der Waals surface area (Å²) < 4.78 is 0.841. The number of nitrogens with zero attached hydrogens (tertiary/aromatic N) is 2. The van der Waals surface area contributed by atoms with Crippen LogP contribution in [0.5, 0.6) is 0 Å². The number of benzene rings is 1. The molecule has 0 fully saturated rings. The maximum atomic E-state index is 4.65. The molecule has 3 rings (SSSR count). The first-order valence-electron chi connectivity index (χ1n) is 7.52. The van der Waals surface area contributed by atoms with E-state index in [1.807, 2.05) is 6.07 Å². The summed E-state index contributed by atoms with van der Waals surface area (Å²) in [6.07, 6.45) is 3.55. The van der Waals surface area contributed by atoms with Crippen molar-refractivity contribution in [3.63, 3.8) is 0 Å². The van der Waals surface area contributed by atoms with Crippen LogP contribution in [0.3, 0.4) is 0 Å². The Bertz CT molecular complexity index is 640. The summed E-state index contributed by atoms with van der Waals surface area (Å²) in [7, 11) is 0. The van der Waals surface area contributed by atoms with Gasteiger partial charge in [-0.1, -0.05) is 38.1 Å². The summed E-state index contributed by atoms with van der Waals surface area (Å²) in [6, 6.07) is 11.0. The molecule has 0 amide bonds. The number of halogens is 1. The molecule has 1 aliphatic carbocycles. The first-order chi connectivity index (χ1) is 10.1. The normalized spacial score (nSPS) is 17.6. The Kier molecular flexibility index (Phi) is 4.24. The smallest absolute Gasteiger partial charge is 0.134 e. The Balaban J connectivity index is 1.88. The van der Waals surface area contributed by atoms with Crippen molar-refractivity contribution >= 4 is 21.7 Å². The molecule has 3 nitrogen and oxygen atoms in total. The Labute approximate surface area is 134 Å². The first kappa shape index (κ1) is 14.5. The minimum Gasteiger partial charge on any atom is -0.363 e. The second kappa shape index (κ2) is 6.14. The van der Waals surface area contributed by atoms with E-state index in [9.17, 15) is 0 Å². The molecule has 110 valence electrons. The van der Waals surface area contributed by atoms with Crippen LogP contribution in [0.4, 0.5) is 5.82 Å². The molecule has 0 spiro atoms. The number of aryl methyl sites for hydroxylation is 1. The van der Waals surface area contributed by atoms with Crippen LogP contribution in [-0.2, 0) is 6.42 Å². The molecular weight excluding hydrogens is 326 g/mol. The van der Waals surface area contributed by atoms with Crippen LogP contribution in [0.2, 0.25) is 0 Å². The Morgan fingerprint density at radius 3 is 2.86 bits per heavy atom. The van der Waals surface area contributed by atoms with Crippen molar-refractivity contribution in [2.24, 2.45) is 0 Å². The van der Waals surface area contributed by atoms with E-state index in [2.05, 4.69) is 69.3 Å². The second-order valence-corrected chi connectivity index (χ2v) is 6.69. The van der Waals surface area contributed by atoms with Crippen LogP contribution in [0.25, 0.3) is 0 Å². The molecular formula is C17H20BrN3. The van der Waals surface area contributed by atoms with Crippen LogP contribution >= 0.6 is 15.9 Å². The quantitative estimate of drug-likeness (QED) is 0.807. The Hall–Kier alpha value is -1.42. The van der Waals surface area contributed by atoms with Gasteiger partial charge in [-0.25, -0.2) is 9.97 Å². The van der Waals surface area contributed by atoms with Crippen LogP contribution in [-0.4, -0.2) is 9.97 Å². The highest BCUT2D eigenvalue weighted by atomic mass is 79.9. The van der Waals surface area contributed by atoms with Crippen molar-refractivity contribution < 1.29 is 0 Å². The Morgan fingerprint density at radius 2 is 2.05 bits per heavy atom. The summed E-state index contributed by atoms with van der Waals surface area (Å²) in [5.74, 6) is 2.10. The van der Waals surface area contributed by atoms with E-state index in [4.69, 9.17) is 0 Å². The standard InChI is InChI=1S/C17H20BrN3/c1-11(2)17-20-15(18)10-16(21-17)19-14-9-5-7-12-6-3-4-8-13(12)14/h3-4,6,8,10-11,14H,5,7,9H2,1-2H3,(H,19,20,21). The molecule has 4 heteroatoms. The number of hydrogen-bond acceptors (Lipinski definition) is 3. The van der Waals surface area contributed by atoms with Gasteiger partial charge in [-0.3, -0.25) is 0 Å². The molecule has 0 radical (unpaired) electrons. The van der Waals surface area contributed by atoms with Crippen molar-refractivity contribution in [1.82, 2.24) is 9.97 Å². The predicted octanol–water partition coefficient (Wildman–Crippen LogP) is 4.85. The second-order valence-electron chi connectivity index (χ2n) is 5.88. The van der Waals surface area contributed by atoms with Crippen LogP contribution in [0.1, 0.15) is 55.6 Å². The van der Waals surface area contributed by atoms with Crippen molar-refractivity contribution in [2.45, 2.75) is 45.1 Å². The van der Waals surface area contributed by atoms with E-state index in [-0.39, 0.29) is 0 Å². The predicted molar refractivity (Wildman–Crippen MR) is 89.6 cm³/mol. The van der Waals surface area contributed by atoms with E-state index < -0.39 is 0 Å². The third-order valence-electron chi connectivity index (χ3n) is 3.92. The average molecular weight is 346 g/mol. The van der Waals surface area contributed by atoms with Crippen LogP contribution in [0, 0.1) is 0 Å². The molecule has 2 aromatic rings. The van der Waals surface area contributed by atoms with Gasteiger partial charge in [0.2, 0.25) is 0 Å². The fraction of sp³-hybridized carbons (Fsp3) is 0.412. The number of nitrogens with one attached hydrogen (secondary N) is 1. The third-order valence-corrected chi connectivity index (χ3v) is 4.33. The minimum atomic E-state index is 0.321. The molecule has 0 bridgehead atoms. The molecule has 1 unspecified atom stereocenters. The zero-order valence-electron chi connectivity index (χ0n) is 12.4. The lowest BCUT2D eigenvalue weighted by Crippen LogP contribution is -2.18. The molecule has 1 N–H and O–H groups in total. The fourth-order valence-electron chi connectivity index (χ4n) is 2.85. The highest BCUT2D eigenvalue weighted by Gasteiger charge is 2.20. The largest absolute Gasteiger partial charge is 0.363 e. The third kappa shape index (κ3) is 3.26. The highest BCUT2D eigenvalue weighted by molar-refractivity contribution is 9.10. The lowest BCUT2D eigenvalue weighted by molar-refractivity contribution is 0.597. The van der Waals surface area contributed by atoms with Gasteiger partial charge in [0.05, 0.1) is 6.04 Å². The zero-order chi connectivity index (χ0) is 14.8. The lowest BCUT2D eigenvalue weighted by Gasteiger charge is -2.27. The SMILES string of the molecule is CC(C)c1nc(Br)cc(NC2CCCc3ccccc32)n1. The number of anilines is 1. The summed E-state index contributed by atoms with van der Waals surface area (Å²) >= 11 is 3.49. The molecule has 1 aliphatic rings. The molecule has 1 atom stereocenters. The molecule has 0 saturated carbocycles. The highest BCUT2D eigenvalue weighted by Crippen LogP contribution is 2.32. The molecule has 1 heterocycles. The van der Waals surface area contributed by atoms with Crippen molar-refractivity contribution in [1.29, 1.82) is 0 Å². The van der Waals surface area contributed by atoms with E-state index in [0.29, 0.717) is 12.0 Å². The average Bonchev–Trinajstić information content (AvgIpc) is 2.47. The number of fused-ring (bicyclic) bond motifs is 1. The summed E-state index contributed by atoms with van der Waals surface area (Å²) in [5.41, 5.74) is 2.86. The van der Waals surface area contributed by atoms with Gasteiger partial charge in [0.1, 0.15) is 16.2 Å². The van der Waals surface area contributed by atoms with Crippen LogP contribution in [0.15, 0.2) is 34.9 Å². The molecule has 1 aromatic carbocycles. The van der Waals surface area contributed by atoms with Gasteiger partial charge in [-0.15, -0.1) is 0 Å². The summed E-state index contributed by atoms with van der Waals surface area (Å²) in [4.78, 5) is 9.08. The monoisotopic (exact) mass is 345 g/mol. The van der Waals surface area contributed by atoms with Crippen molar-refractivity contribution in [2.75, 3.05) is 5.32 Å². The number of rotatable bonds is 3. The van der Waals surface area contributed by atoms with Crippen LogP contribution < -0.4 is 5.32 Å². The number of aromatic nitrogens is 2. The van der Waals surface area contributed by atoms with E-state index >= 15 is 0 Å². The fourth-order valence-corrected chi connectivity index (χ4v) is 3.25.